The molecule has 1 aliphatic rings. The third kappa shape index (κ3) is 10.5. The van der Waals surface area contributed by atoms with Crippen LogP contribution in [0.1, 0.15) is 64.7 Å². The van der Waals surface area contributed by atoms with Gasteiger partial charge >= 0.3 is 5.97 Å². The van der Waals surface area contributed by atoms with Crippen molar-refractivity contribution >= 4 is 11.8 Å². The Morgan fingerprint density at radius 3 is 2.70 bits per heavy atom. The number of ketones is 1. The first-order chi connectivity index (χ1) is 14.4. The van der Waals surface area contributed by atoms with E-state index in [2.05, 4.69) is 6.92 Å². The van der Waals surface area contributed by atoms with Crippen LogP contribution in [0.4, 0.5) is 0 Å². The number of allylic oxidation sites excluding steroid dienone is 2. The van der Waals surface area contributed by atoms with Gasteiger partial charge in [0.1, 0.15) is 18.5 Å². The Bertz CT molecular complexity index is 558. The summed E-state index contributed by atoms with van der Waals surface area (Å²) in [7, 11) is 0. The summed E-state index contributed by atoms with van der Waals surface area (Å²) < 4.78 is 4.83. The molecule has 1 rings (SSSR count). The van der Waals surface area contributed by atoms with E-state index in [0.717, 1.165) is 19.3 Å². The van der Waals surface area contributed by atoms with Crippen LogP contribution in [0, 0.1) is 11.8 Å². The molecule has 0 heterocycles. The summed E-state index contributed by atoms with van der Waals surface area (Å²) >= 11 is 0. The third-order valence-corrected chi connectivity index (χ3v) is 5.35. The SMILES string of the molecule is CCCCCC(O)/C=C/[C@H]1C(O)CC(=O)[C@@H]1C/C=C\CCCC(=O)OCC(O)CO. The Morgan fingerprint density at radius 1 is 1.23 bits per heavy atom. The minimum Gasteiger partial charge on any atom is -0.463 e. The van der Waals surface area contributed by atoms with E-state index in [0.29, 0.717) is 25.7 Å². The average Bonchev–Trinajstić information content (AvgIpc) is 2.99. The Labute approximate surface area is 179 Å². The van der Waals surface area contributed by atoms with Crippen molar-refractivity contribution in [1.82, 2.24) is 0 Å². The maximum atomic E-state index is 12.2. The smallest absolute Gasteiger partial charge is 0.305 e. The van der Waals surface area contributed by atoms with E-state index in [4.69, 9.17) is 14.9 Å². The number of aliphatic hydroxyl groups is 4. The molecule has 30 heavy (non-hydrogen) atoms. The zero-order valence-electron chi connectivity index (χ0n) is 18.0. The van der Waals surface area contributed by atoms with Crippen molar-refractivity contribution in [2.75, 3.05) is 13.2 Å². The average molecular weight is 427 g/mol. The standard InChI is InChI=1S/C23H38O7/c1-2-3-6-9-17(25)12-13-20-19(21(27)14-22(20)28)10-7-4-5-8-11-23(29)30-16-18(26)15-24/h4,7,12-13,17-20,22,24-26,28H,2-3,5-6,8-11,14-16H2,1H3/b7-4-,13-12+/t17?,18?,19-,20-,22?/m1/s1. The van der Waals surface area contributed by atoms with Crippen LogP contribution < -0.4 is 0 Å². The molecule has 0 spiro atoms. The molecule has 7 nitrogen and oxygen atoms in total. The normalized spacial score (nSPS) is 24.0. The molecule has 0 saturated heterocycles. The quantitative estimate of drug-likeness (QED) is 0.179. The number of aliphatic hydroxyl groups excluding tert-OH is 4. The fourth-order valence-corrected chi connectivity index (χ4v) is 3.52. The Kier molecular flexibility index (Phi) is 13.5. The molecular formula is C23H38O7. The van der Waals surface area contributed by atoms with Gasteiger partial charge in [-0.1, -0.05) is 50.5 Å². The van der Waals surface area contributed by atoms with Gasteiger partial charge in [-0.05, 0) is 25.7 Å². The van der Waals surface area contributed by atoms with Gasteiger partial charge in [-0.2, -0.15) is 0 Å². The van der Waals surface area contributed by atoms with Crippen LogP contribution in [0.25, 0.3) is 0 Å². The molecule has 0 aliphatic heterocycles. The summed E-state index contributed by atoms with van der Waals surface area (Å²) in [5.74, 6) is -0.961. The Balaban J connectivity index is 2.37. The zero-order valence-corrected chi connectivity index (χ0v) is 18.0. The van der Waals surface area contributed by atoms with Gasteiger partial charge < -0.3 is 25.2 Å². The van der Waals surface area contributed by atoms with Crippen LogP contribution in [0.2, 0.25) is 0 Å². The number of rotatable bonds is 15. The number of esters is 1. The largest absolute Gasteiger partial charge is 0.463 e. The first-order valence-corrected chi connectivity index (χ1v) is 11.1. The van der Waals surface area contributed by atoms with Gasteiger partial charge in [-0.15, -0.1) is 0 Å². The minimum absolute atomic E-state index is 0.0355. The van der Waals surface area contributed by atoms with Gasteiger partial charge in [0.25, 0.3) is 0 Å². The minimum atomic E-state index is -1.05. The monoisotopic (exact) mass is 426 g/mol. The number of Topliss-reactive ketones (excluding diaryl/α,β-unsaturated/α-hetero) is 1. The number of hydrogen-bond acceptors (Lipinski definition) is 7. The number of ether oxygens (including phenoxy) is 1. The van der Waals surface area contributed by atoms with Crippen molar-refractivity contribution in [3.8, 4) is 0 Å². The molecule has 5 atom stereocenters. The highest BCUT2D eigenvalue weighted by molar-refractivity contribution is 5.84. The van der Waals surface area contributed by atoms with Gasteiger partial charge in [0.2, 0.25) is 0 Å². The lowest BCUT2D eigenvalue weighted by molar-refractivity contribution is -0.147. The number of hydrogen-bond donors (Lipinski definition) is 4. The lowest BCUT2D eigenvalue weighted by Crippen LogP contribution is -2.21. The molecular weight excluding hydrogens is 388 g/mol. The van der Waals surface area contributed by atoms with Crippen molar-refractivity contribution < 1.29 is 34.8 Å². The van der Waals surface area contributed by atoms with Gasteiger partial charge in [-0.3, -0.25) is 9.59 Å². The maximum Gasteiger partial charge on any atom is 0.305 e. The molecule has 1 aliphatic carbocycles. The molecule has 4 N–H and O–H groups in total. The predicted molar refractivity (Wildman–Crippen MR) is 114 cm³/mol. The number of unbranched alkanes of at least 4 members (excludes halogenated alkanes) is 3. The van der Waals surface area contributed by atoms with Crippen molar-refractivity contribution in [2.24, 2.45) is 11.8 Å². The van der Waals surface area contributed by atoms with Crippen molar-refractivity contribution in [3.63, 3.8) is 0 Å². The third-order valence-electron chi connectivity index (χ3n) is 5.35. The molecule has 0 amide bonds. The summed E-state index contributed by atoms with van der Waals surface area (Å²) in [5.41, 5.74) is 0. The van der Waals surface area contributed by atoms with E-state index < -0.39 is 30.9 Å². The van der Waals surface area contributed by atoms with Gasteiger partial charge in [-0.25, -0.2) is 0 Å². The summed E-state index contributed by atoms with van der Waals surface area (Å²) in [6, 6.07) is 0. The fourth-order valence-electron chi connectivity index (χ4n) is 3.52. The van der Waals surface area contributed by atoms with Crippen LogP contribution in [-0.2, 0) is 14.3 Å². The number of carbonyl (C=O) groups is 2. The Hall–Kier alpha value is -1.54. The van der Waals surface area contributed by atoms with Crippen molar-refractivity contribution in [3.05, 3.63) is 24.3 Å². The van der Waals surface area contributed by atoms with Crippen LogP contribution in [0.15, 0.2) is 24.3 Å². The van der Waals surface area contributed by atoms with Crippen LogP contribution in [0.3, 0.4) is 0 Å². The summed E-state index contributed by atoms with van der Waals surface area (Å²) in [4.78, 5) is 23.7. The van der Waals surface area contributed by atoms with Crippen molar-refractivity contribution in [2.45, 2.75) is 83.0 Å². The highest BCUT2D eigenvalue weighted by Crippen LogP contribution is 2.33. The molecule has 1 saturated carbocycles. The van der Waals surface area contributed by atoms with Crippen LogP contribution >= 0.6 is 0 Å². The zero-order chi connectivity index (χ0) is 22.4. The molecule has 172 valence electrons. The second kappa shape index (κ2) is 15.3. The number of carbonyl (C=O) groups excluding carboxylic acids is 2. The van der Waals surface area contributed by atoms with Crippen molar-refractivity contribution in [1.29, 1.82) is 0 Å². The Morgan fingerprint density at radius 2 is 2.00 bits per heavy atom. The summed E-state index contributed by atoms with van der Waals surface area (Å²) in [6.45, 7) is 1.45. The molecule has 0 radical (unpaired) electrons. The van der Waals surface area contributed by atoms with E-state index in [-0.39, 0.29) is 37.1 Å². The molecule has 7 heteroatoms. The first kappa shape index (κ1) is 26.5. The van der Waals surface area contributed by atoms with E-state index in [9.17, 15) is 19.8 Å². The second-order valence-electron chi connectivity index (χ2n) is 7.99. The van der Waals surface area contributed by atoms with Gasteiger partial charge in [0.15, 0.2) is 0 Å². The molecule has 0 aromatic carbocycles. The predicted octanol–water partition coefficient (Wildman–Crippen LogP) is 2.06. The molecule has 3 unspecified atom stereocenters. The molecule has 0 aromatic rings. The van der Waals surface area contributed by atoms with Gasteiger partial charge in [0, 0.05) is 24.7 Å². The first-order valence-electron chi connectivity index (χ1n) is 11.1. The van der Waals surface area contributed by atoms with E-state index in [1.54, 1.807) is 12.2 Å². The highest BCUT2D eigenvalue weighted by Gasteiger charge is 2.39. The fraction of sp³-hybridized carbons (Fsp3) is 0.739. The molecule has 1 fully saturated rings. The topological polar surface area (TPSA) is 124 Å². The second-order valence-corrected chi connectivity index (χ2v) is 7.99. The van der Waals surface area contributed by atoms with Crippen LogP contribution in [0.5, 0.6) is 0 Å². The van der Waals surface area contributed by atoms with E-state index in [1.807, 2.05) is 12.2 Å². The summed E-state index contributed by atoms with van der Waals surface area (Å²) in [5, 5.41) is 38.0. The van der Waals surface area contributed by atoms with E-state index in [1.165, 1.54) is 0 Å². The van der Waals surface area contributed by atoms with E-state index >= 15 is 0 Å². The lowest BCUT2D eigenvalue weighted by atomic mass is 9.90. The molecule has 0 aromatic heterocycles. The maximum absolute atomic E-state index is 12.2. The molecule has 0 bridgehead atoms. The van der Waals surface area contributed by atoms with Crippen LogP contribution in [-0.4, -0.2) is 63.7 Å². The highest BCUT2D eigenvalue weighted by atomic mass is 16.5. The summed E-state index contributed by atoms with van der Waals surface area (Å²) in [6.07, 6.45) is 10.9. The lowest BCUT2D eigenvalue weighted by Gasteiger charge is -2.16. The van der Waals surface area contributed by atoms with Gasteiger partial charge in [0.05, 0.1) is 18.8 Å².